The van der Waals surface area contributed by atoms with E-state index in [0.29, 0.717) is 11.1 Å². The Morgan fingerprint density at radius 3 is 2.23 bits per heavy atom. The fourth-order valence-corrected chi connectivity index (χ4v) is 2.53. The zero-order valence-corrected chi connectivity index (χ0v) is 15.5. The molecule has 0 saturated heterocycles. The van der Waals surface area contributed by atoms with Crippen LogP contribution in [-0.4, -0.2) is 30.3 Å². The number of esters is 1. The predicted octanol–water partition coefficient (Wildman–Crippen LogP) is 3.16. The minimum Gasteiger partial charge on any atom is -0.456 e. The number of nitrogens with one attached hydrogen (secondary N) is 1. The maximum absolute atomic E-state index is 12.3. The van der Waals surface area contributed by atoms with Gasteiger partial charge < -0.3 is 10.1 Å². The Bertz CT molecular complexity index is 827. The zero-order valence-electron chi connectivity index (χ0n) is 15.5. The molecule has 0 aromatic heterocycles. The largest absolute Gasteiger partial charge is 0.456 e. The first kappa shape index (κ1) is 19.4. The van der Waals surface area contributed by atoms with Gasteiger partial charge in [-0.25, -0.2) is 4.79 Å². The zero-order chi connectivity index (χ0) is 19.3. The monoisotopic (exact) mass is 353 g/mol. The number of carbonyl (C=O) groups excluding carboxylic acids is 3. The Hall–Kier alpha value is -2.95. The molecule has 0 radical (unpaired) electrons. The average Bonchev–Trinajstić information content (AvgIpc) is 2.63. The van der Waals surface area contributed by atoms with Crippen molar-refractivity contribution in [3.63, 3.8) is 0 Å². The van der Waals surface area contributed by atoms with E-state index >= 15 is 0 Å². The molecule has 0 aliphatic rings. The molecule has 2 rings (SSSR count). The normalized spacial score (nSPS) is 11.5. The Balaban J connectivity index is 1.92. The quantitative estimate of drug-likeness (QED) is 0.640. The van der Waals surface area contributed by atoms with Gasteiger partial charge >= 0.3 is 5.97 Å². The molecule has 0 unspecified atom stereocenters. The standard InChI is InChI=1S/C21H23NO4/c1-13-10-15(3)18(11-14(13)2)19(23)12-26-21(25)16(4)22-20(24)17-8-6-5-7-9-17/h5-11,16H,12H2,1-4H3,(H,22,24)/t16-/m0/s1. The van der Waals surface area contributed by atoms with Crippen molar-refractivity contribution in [1.82, 2.24) is 5.32 Å². The van der Waals surface area contributed by atoms with Gasteiger partial charge in [-0.1, -0.05) is 24.3 Å². The number of ether oxygens (including phenoxy) is 1. The summed E-state index contributed by atoms with van der Waals surface area (Å²) >= 11 is 0. The molecule has 2 aromatic rings. The van der Waals surface area contributed by atoms with E-state index in [1.165, 1.54) is 6.92 Å². The molecule has 1 N–H and O–H groups in total. The van der Waals surface area contributed by atoms with Gasteiger partial charge in [0.1, 0.15) is 6.04 Å². The van der Waals surface area contributed by atoms with Gasteiger partial charge in [0.25, 0.3) is 5.91 Å². The lowest BCUT2D eigenvalue weighted by atomic mass is 9.98. The summed E-state index contributed by atoms with van der Waals surface area (Å²) < 4.78 is 5.08. The van der Waals surface area contributed by atoms with Crippen LogP contribution >= 0.6 is 0 Å². The summed E-state index contributed by atoms with van der Waals surface area (Å²) in [5.41, 5.74) is 3.96. The molecule has 0 spiro atoms. The van der Waals surface area contributed by atoms with E-state index in [4.69, 9.17) is 4.74 Å². The van der Waals surface area contributed by atoms with Crippen LogP contribution in [0, 0.1) is 20.8 Å². The summed E-state index contributed by atoms with van der Waals surface area (Å²) in [5, 5.41) is 2.56. The van der Waals surface area contributed by atoms with Crippen LogP contribution in [0.2, 0.25) is 0 Å². The van der Waals surface area contributed by atoms with Gasteiger partial charge in [-0.05, 0) is 62.6 Å². The van der Waals surface area contributed by atoms with Crippen LogP contribution in [0.1, 0.15) is 44.3 Å². The number of carbonyl (C=O) groups is 3. The molecule has 0 fully saturated rings. The van der Waals surface area contributed by atoms with E-state index < -0.39 is 12.0 Å². The van der Waals surface area contributed by atoms with E-state index in [9.17, 15) is 14.4 Å². The minimum atomic E-state index is -0.851. The molecular weight excluding hydrogens is 330 g/mol. The topological polar surface area (TPSA) is 72.5 Å². The third kappa shape index (κ3) is 4.79. The van der Waals surface area contributed by atoms with Gasteiger partial charge in [0.2, 0.25) is 5.78 Å². The molecule has 5 heteroatoms. The number of benzene rings is 2. The lowest BCUT2D eigenvalue weighted by molar-refractivity contribution is -0.144. The molecule has 1 amide bonds. The number of aryl methyl sites for hydroxylation is 3. The summed E-state index contributed by atoms with van der Waals surface area (Å²) in [6, 6.07) is 11.5. The second-order valence-electron chi connectivity index (χ2n) is 6.34. The van der Waals surface area contributed by atoms with Crippen molar-refractivity contribution in [2.45, 2.75) is 33.7 Å². The van der Waals surface area contributed by atoms with Crippen LogP contribution in [0.25, 0.3) is 0 Å². The summed E-state index contributed by atoms with van der Waals surface area (Å²) in [5.74, 6) is -1.28. The van der Waals surface area contributed by atoms with E-state index in [-0.39, 0.29) is 18.3 Å². The third-order valence-electron chi connectivity index (χ3n) is 4.22. The molecule has 26 heavy (non-hydrogen) atoms. The molecular formula is C21H23NO4. The number of hydrogen-bond donors (Lipinski definition) is 1. The molecule has 2 aromatic carbocycles. The van der Waals surface area contributed by atoms with Crippen molar-refractivity contribution in [3.05, 3.63) is 70.3 Å². The lowest BCUT2D eigenvalue weighted by Crippen LogP contribution is -2.40. The van der Waals surface area contributed by atoms with Crippen LogP contribution in [-0.2, 0) is 9.53 Å². The van der Waals surface area contributed by atoms with E-state index in [1.807, 2.05) is 26.8 Å². The minimum absolute atomic E-state index is 0.263. The molecule has 136 valence electrons. The number of ketones is 1. The van der Waals surface area contributed by atoms with Crippen LogP contribution < -0.4 is 5.32 Å². The van der Waals surface area contributed by atoms with Crippen LogP contribution in [0.3, 0.4) is 0 Å². The lowest BCUT2D eigenvalue weighted by Gasteiger charge is -2.14. The molecule has 5 nitrogen and oxygen atoms in total. The van der Waals surface area contributed by atoms with Crippen LogP contribution in [0.15, 0.2) is 42.5 Å². The molecule has 0 aliphatic carbocycles. The fraction of sp³-hybridized carbons (Fsp3) is 0.286. The molecule has 0 bridgehead atoms. The maximum atomic E-state index is 12.3. The van der Waals surface area contributed by atoms with Crippen molar-refractivity contribution in [1.29, 1.82) is 0 Å². The second-order valence-corrected chi connectivity index (χ2v) is 6.34. The van der Waals surface area contributed by atoms with Crippen LogP contribution in [0.5, 0.6) is 0 Å². The first-order valence-electron chi connectivity index (χ1n) is 8.43. The van der Waals surface area contributed by atoms with E-state index in [1.54, 1.807) is 36.4 Å². The van der Waals surface area contributed by atoms with Gasteiger partial charge in [0, 0.05) is 11.1 Å². The molecule has 1 atom stereocenters. The van der Waals surface area contributed by atoms with Gasteiger partial charge in [-0.3, -0.25) is 9.59 Å². The average molecular weight is 353 g/mol. The van der Waals surface area contributed by atoms with E-state index in [0.717, 1.165) is 16.7 Å². The summed E-state index contributed by atoms with van der Waals surface area (Å²) in [7, 11) is 0. The Labute approximate surface area is 153 Å². The highest BCUT2D eigenvalue weighted by Gasteiger charge is 2.20. The van der Waals surface area contributed by atoms with Crippen molar-refractivity contribution < 1.29 is 19.1 Å². The highest BCUT2D eigenvalue weighted by Crippen LogP contribution is 2.16. The summed E-state index contributed by atoms with van der Waals surface area (Å²) in [6.07, 6.45) is 0. The second kappa shape index (κ2) is 8.43. The van der Waals surface area contributed by atoms with Gasteiger partial charge in [0.15, 0.2) is 6.61 Å². The Morgan fingerprint density at radius 2 is 1.58 bits per heavy atom. The maximum Gasteiger partial charge on any atom is 0.328 e. The van der Waals surface area contributed by atoms with Crippen LogP contribution in [0.4, 0.5) is 0 Å². The third-order valence-corrected chi connectivity index (χ3v) is 4.22. The molecule has 0 aliphatic heterocycles. The number of amides is 1. The number of hydrogen-bond acceptors (Lipinski definition) is 4. The number of Topliss-reactive ketones (excluding diaryl/α,β-unsaturated/α-hetero) is 1. The van der Waals surface area contributed by atoms with Gasteiger partial charge in [-0.2, -0.15) is 0 Å². The summed E-state index contributed by atoms with van der Waals surface area (Å²) in [4.78, 5) is 36.4. The smallest absolute Gasteiger partial charge is 0.328 e. The first-order chi connectivity index (χ1) is 12.3. The highest BCUT2D eigenvalue weighted by molar-refractivity contribution is 6.00. The van der Waals surface area contributed by atoms with Crippen molar-refractivity contribution in [2.24, 2.45) is 0 Å². The van der Waals surface area contributed by atoms with Crippen molar-refractivity contribution in [3.8, 4) is 0 Å². The Kier molecular flexibility index (Phi) is 6.28. The Morgan fingerprint density at radius 1 is 0.962 bits per heavy atom. The van der Waals surface area contributed by atoms with Crippen molar-refractivity contribution in [2.75, 3.05) is 6.61 Å². The number of rotatable bonds is 6. The van der Waals surface area contributed by atoms with Crippen molar-refractivity contribution >= 4 is 17.7 Å². The van der Waals surface area contributed by atoms with Gasteiger partial charge in [-0.15, -0.1) is 0 Å². The van der Waals surface area contributed by atoms with Gasteiger partial charge in [0.05, 0.1) is 0 Å². The SMILES string of the molecule is Cc1cc(C)c(C(=O)COC(=O)[C@H](C)NC(=O)c2ccccc2)cc1C. The fourth-order valence-electron chi connectivity index (χ4n) is 2.53. The summed E-state index contributed by atoms with van der Waals surface area (Å²) in [6.45, 7) is 6.93. The predicted molar refractivity (Wildman–Crippen MR) is 99.3 cm³/mol. The first-order valence-corrected chi connectivity index (χ1v) is 8.43. The van der Waals surface area contributed by atoms with E-state index in [2.05, 4.69) is 5.32 Å². The molecule has 0 saturated carbocycles. The molecule has 0 heterocycles. The highest BCUT2D eigenvalue weighted by atomic mass is 16.5.